The van der Waals surface area contributed by atoms with Crippen LogP contribution in [0.2, 0.25) is 0 Å². The van der Waals surface area contributed by atoms with Gasteiger partial charge in [0.15, 0.2) is 11.4 Å². The molecule has 1 aliphatic rings. The molecule has 9 nitrogen and oxygen atoms in total. The average Bonchev–Trinajstić information content (AvgIpc) is 3.29. The van der Waals surface area contributed by atoms with E-state index in [0.717, 1.165) is 24.0 Å². The van der Waals surface area contributed by atoms with Gasteiger partial charge < -0.3 is 24.7 Å². The summed E-state index contributed by atoms with van der Waals surface area (Å²) in [5, 5.41) is 21.9. The number of ether oxygens (including phenoxy) is 1. The van der Waals surface area contributed by atoms with E-state index in [4.69, 9.17) is 4.74 Å². The van der Waals surface area contributed by atoms with E-state index in [0.29, 0.717) is 23.5 Å². The molecular weight excluding hydrogens is 606 g/mol. The molecule has 2 atom stereocenters. The van der Waals surface area contributed by atoms with Crippen LogP contribution in [0.25, 0.3) is 5.69 Å². The van der Waals surface area contributed by atoms with Crippen LogP contribution in [0.3, 0.4) is 0 Å². The Morgan fingerprint density at radius 1 is 1.04 bits per heavy atom. The highest BCUT2D eigenvalue weighted by Crippen LogP contribution is 2.46. The van der Waals surface area contributed by atoms with E-state index in [9.17, 15) is 24.6 Å². The van der Waals surface area contributed by atoms with Crippen LogP contribution in [-0.2, 0) is 21.7 Å². The van der Waals surface area contributed by atoms with Crippen LogP contribution < -0.4 is 15.2 Å². The van der Waals surface area contributed by atoms with Crippen molar-refractivity contribution in [1.82, 2.24) is 9.47 Å². The molecule has 9 heteroatoms. The number of carbonyl (C=O) groups excluding carboxylic acids is 2. The predicted molar refractivity (Wildman–Crippen MR) is 189 cm³/mol. The molecule has 0 bridgehead atoms. The number of aliphatic hydroxyl groups excluding tert-OH is 1. The van der Waals surface area contributed by atoms with E-state index >= 15 is 0 Å². The molecule has 0 radical (unpaired) electrons. The first-order valence-electron chi connectivity index (χ1n) is 16.3. The van der Waals surface area contributed by atoms with Gasteiger partial charge in [-0.1, -0.05) is 72.7 Å². The van der Waals surface area contributed by atoms with E-state index in [1.54, 1.807) is 65.4 Å². The maximum Gasteiger partial charge on any atom is 0.297 e. The molecule has 0 unspecified atom stereocenters. The van der Waals surface area contributed by atoms with Gasteiger partial charge in [-0.3, -0.25) is 19.0 Å². The molecule has 0 aliphatic carbocycles. The second kappa shape index (κ2) is 16.4. The standard InChI is InChI=1S/C39H47N3O6/c1-28(2)12-9-13-29(3)21-23-42-34-20-19-32(41-22-11-17-35(48-5)37(41)45)26-33(34)39(47,38(42)46)30(4)14-10-18-36(44)40(24-25-43)27-31-15-7-6-8-16-31/h6-8,10-12,14-17,19-22,26,30,43,47H,9,13,18,23-25,27H2,1-5H3/b14-10+,29-21+/t30-,39+/m0/s1. The van der Waals surface area contributed by atoms with Crippen molar-refractivity contribution < 1.29 is 24.5 Å². The summed E-state index contributed by atoms with van der Waals surface area (Å²) in [6.45, 7) is 8.57. The van der Waals surface area contributed by atoms with E-state index in [1.165, 1.54) is 17.3 Å². The van der Waals surface area contributed by atoms with E-state index in [1.807, 2.05) is 43.3 Å². The molecule has 1 aliphatic heterocycles. The zero-order valence-corrected chi connectivity index (χ0v) is 28.6. The lowest BCUT2D eigenvalue weighted by Gasteiger charge is -2.28. The number of aromatic nitrogens is 1. The molecule has 1 aromatic heterocycles. The lowest BCUT2D eigenvalue weighted by Crippen LogP contribution is -2.44. The second-order valence-corrected chi connectivity index (χ2v) is 12.5. The molecule has 3 aromatic rings. The number of hydrogen-bond donors (Lipinski definition) is 2. The summed E-state index contributed by atoms with van der Waals surface area (Å²) in [6, 6.07) is 18.0. The van der Waals surface area contributed by atoms with Gasteiger partial charge in [0, 0.05) is 49.4 Å². The number of aliphatic hydroxyl groups is 2. The Bertz CT molecular complexity index is 1740. The van der Waals surface area contributed by atoms with Crippen molar-refractivity contribution in [1.29, 1.82) is 0 Å². The SMILES string of the molecule is COc1cccn(-c2ccc3c(c2)[C@](O)([C@@H](C)/C=C/CC(=O)N(CCO)Cc2ccccc2)C(=O)N3C/C=C(\C)CCC=C(C)C)c1=O. The Kier molecular flexibility index (Phi) is 12.3. The van der Waals surface area contributed by atoms with Crippen molar-refractivity contribution in [3.63, 3.8) is 0 Å². The molecule has 4 rings (SSSR count). The predicted octanol–water partition coefficient (Wildman–Crippen LogP) is 5.68. The van der Waals surface area contributed by atoms with Crippen LogP contribution in [0.5, 0.6) is 5.75 Å². The number of anilines is 1. The average molecular weight is 654 g/mol. The fourth-order valence-corrected chi connectivity index (χ4v) is 5.89. The Morgan fingerprint density at radius 3 is 2.48 bits per heavy atom. The summed E-state index contributed by atoms with van der Waals surface area (Å²) in [6.07, 6.45) is 10.9. The second-order valence-electron chi connectivity index (χ2n) is 12.5. The summed E-state index contributed by atoms with van der Waals surface area (Å²) in [4.78, 5) is 43.6. The smallest absolute Gasteiger partial charge is 0.297 e. The Morgan fingerprint density at radius 2 is 1.79 bits per heavy atom. The zero-order chi connectivity index (χ0) is 34.8. The van der Waals surface area contributed by atoms with Crippen molar-refractivity contribution in [2.45, 2.75) is 59.1 Å². The zero-order valence-electron chi connectivity index (χ0n) is 28.6. The minimum absolute atomic E-state index is 0.0326. The van der Waals surface area contributed by atoms with E-state index in [-0.39, 0.29) is 43.3 Å². The lowest BCUT2D eigenvalue weighted by molar-refractivity contribution is -0.139. The fraction of sp³-hybridized carbons (Fsp3) is 0.359. The van der Waals surface area contributed by atoms with Gasteiger partial charge >= 0.3 is 0 Å². The molecule has 0 saturated heterocycles. The first-order chi connectivity index (χ1) is 23.0. The van der Waals surface area contributed by atoms with Gasteiger partial charge in [-0.25, -0.2) is 0 Å². The molecule has 2 amide bonds. The topological polar surface area (TPSA) is 112 Å². The van der Waals surface area contributed by atoms with Crippen molar-refractivity contribution in [2.24, 2.45) is 5.92 Å². The number of carbonyl (C=O) groups is 2. The van der Waals surface area contributed by atoms with Crippen molar-refractivity contribution in [3.8, 4) is 11.4 Å². The maximum absolute atomic E-state index is 14.2. The number of rotatable bonds is 15. The van der Waals surface area contributed by atoms with E-state index < -0.39 is 17.4 Å². The van der Waals surface area contributed by atoms with Gasteiger partial charge in [0.25, 0.3) is 11.5 Å². The largest absolute Gasteiger partial charge is 0.491 e. The monoisotopic (exact) mass is 653 g/mol. The number of fused-ring (bicyclic) bond motifs is 1. The number of methoxy groups -OCH3 is 1. The summed E-state index contributed by atoms with van der Waals surface area (Å²) >= 11 is 0. The number of pyridine rings is 1. The number of nitrogens with zero attached hydrogens (tertiary/aromatic N) is 3. The lowest BCUT2D eigenvalue weighted by atomic mass is 9.82. The highest BCUT2D eigenvalue weighted by atomic mass is 16.5. The minimum Gasteiger partial charge on any atom is -0.491 e. The minimum atomic E-state index is -1.95. The van der Waals surface area contributed by atoms with Crippen LogP contribution in [-0.4, -0.2) is 58.3 Å². The van der Waals surface area contributed by atoms with Crippen LogP contribution >= 0.6 is 0 Å². The number of hydrogen-bond acceptors (Lipinski definition) is 6. The van der Waals surface area contributed by atoms with Gasteiger partial charge in [-0.15, -0.1) is 0 Å². The van der Waals surface area contributed by atoms with Crippen LogP contribution in [0.1, 0.15) is 58.1 Å². The molecule has 2 heterocycles. The summed E-state index contributed by atoms with van der Waals surface area (Å²) in [7, 11) is 1.43. The van der Waals surface area contributed by atoms with Gasteiger partial charge in [-0.05, 0) is 69.5 Å². The fourth-order valence-electron chi connectivity index (χ4n) is 5.89. The third kappa shape index (κ3) is 8.21. The third-order valence-electron chi connectivity index (χ3n) is 8.69. The van der Waals surface area contributed by atoms with Crippen LogP contribution in [0, 0.1) is 5.92 Å². The third-order valence-corrected chi connectivity index (χ3v) is 8.69. The molecule has 0 saturated carbocycles. The van der Waals surface area contributed by atoms with Gasteiger partial charge in [0.05, 0.1) is 19.4 Å². The maximum atomic E-state index is 14.2. The van der Waals surface area contributed by atoms with Gasteiger partial charge in [0.1, 0.15) is 0 Å². The van der Waals surface area contributed by atoms with E-state index in [2.05, 4.69) is 19.9 Å². The number of amides is 2. The van der Waals surface area contributed by atoms with Crippen molar-refractivity contribution >= 4 is 17.5 Å². The Hall–Kier alpha value is -4.73. The Balaban J connectivity index is 1.64. The molecule has 48 heavy (non-hydrogen) atoms. The molecule has 0 fully saturated rings. The summed E-state index contributed by atoms with van der Waals surface area (Å²) in [5.74, 6) is -1.21. The van der Waals surface area contributed by atoms with Crippen LogP contribution in [0.4, 0.5) is 5.69 Å². The van der Waals surface area contributed by atoms with Crippen molar-refractivity contribution in [3.05, 3.63) is 124 Å². The first kappa shape index (κ1) is 36.1. The van der Waals surface area contributed by atoms with Gasteiger partial charge in [-0.2, -0.15) is 0 Å². The number of allylic oxidation sites excluding steroid dienone is 3. The summed E-state index contributed by atoms with van der Waals surface area (Å²) in [5.41, 5.74) is 2.43. The Labute approximate surface area is 283 Å². The molecular formula is C39H47N3O6. The highest BCUT2D eigenvalue weighted by molar-refractivity contribution is 6.07. The molecule has 254 valence electrons. The van der Waals surface area contributed by atoms with Crippen LogP contribution in [0.15, 0.2) is 107 Å². The first-order valence-corrected chi connectivity index (χ1v) is 16.3. The normalized spacial score (nSPS) is 16.6. The molecule has 0 spiro atoms. The quantitative estimate of drug-likeness (QED) is 0.204. The molecule has 2 aromatic carbocycles. The number of benzene rings is 2. The molecule has 2 N–H and O–H groups in total. The van der Waals surface area contributed by atoms with Crippen molar-refractivity contribution in [2.75, 3.05) is 31.7 Å². The highest BCUT2D eigenvalue weighted by Gasteiger charge is 2.52. The van der Waals surface area contributed by atoms with Gasteiger partial charge in [0.2, 0.25) is 5.91 Å². The summed E-state index contributed by atoms with van der Waals surface area (Å²) < 4.78 is 6.65.